The predicted molar refractivity (Wildman–Crippen MR) is 95.4 cm³/mol. The zero-order valence-electron chi connectivity index (χ0n) is 14.4. The number of anilines is 1. The van der Waals surface area contributed by atoms with Gasteiger partial charge in [-0.05, 0) is 55.7 Å². The molecule has 0 heterocycles. The third-order valence-corrected chi connectivity index (χ3v) is 5.39. The van der Waals surface area contributed by atoms with Crippen LogP contribution in [0.4, 0.5) is 10.1 Å². The summed E-state index contributed by atoms with van der Waals surface area (Å²) in [7, 11) is 0.191. The summed E-state index contributed by atoms with van der Waals surface area (Å²) >= 11 is 0. The lowest BCUT2D eigenvalue weighted by atomic mass is 10.1. The minimum Gasteiger partial charge on any atom is -0.378 e. The molecule has 24 heavy (non-hydrogen) atoms. The average Bonchev–Trinajstić information content (AvgIpc) is 2.49. The number of hydrogen-bond donors (Lipinski definition) is 1. The van der Waals surface area contributed by atoms with E-state index in [1.165, 1.54) is 12.1 Å². The van der Waals surface area contributed by atoms with Crippen LogP contribution in [-0.2, 0) is 16.4 Å². The normalized spacial score (nSPS) is 12.9. The van der Waals surface area contributed by atoms with Gasteiger partial charge in [-0.1, -0.05) is 18.2 Å². The van der Waals surface area contributed by atoms with E-state index in [1.807, 2.05) is 43.3 Å². The predicted octanol–water partition coefficient (Wildman–Crippen LogP) is 3.11. The topological polar surface area (TPSA) is 49.4 Å². The van der Waals surface area contributed by atoms with Crippen LogP contribution in [0.15, 0.2) is 47.4 Å². The molecule has 1 N–H and O–H groups in total. The Morgan fingerprint density at radius 1 is 1.12 bits per heavy atom. The van der Waals surface area contributed by atoms with Crippen molar-refractivity contribution in [2.45, 2.75) is 31.2 Å². The van der Waals surface area contributed by atoms with Gasteiger partial charge in [-0.15, -0.1) is 0 Å². The van der Waals surface area contributed by atoms with E-state index in [9.17, 15) is 12.8 Å². The Hall–Kier alpha value is -1.92. The van der Waals surface area contributed by atoms with Crippen LogP contribution in [0.5, 0.6) is 0 Å². The maximum atomic E-state index is 13.6. The van der Waals surface area contributed by atoms with Crippen LogP contribution in [0.25, 0.3) is 0 Å². The monoisotopic (exact) mass is 350 g/mol. The van der Waals surface area contributed by atoms with Gasteiger partial charge >= 0.3 is 0 Å². The van der Waals surface area contributed by atoms with Gasteiger partial charge in [-0.2, -0.15) is 0 Å². The second kappa shape index (κ2) is 7.32. The van der Waals surface area contributed by atoms with Gasteiger partial charge in [0.05, 0.1) is 4.90 Å². The average molecular weight is 350 g/mol. The van der Waals surface area contributed by atoms with E-state index in [2.05, 4.69) is 4.72 Å². The maximum Gasteiger partial charge on any atom is 0.240 e. The minimum atomic E-state index is -3.74. The zero-order chi connectivity index (χ0) is 17.9. The number of hydrogen-bond acceptors (Lipinski definition) is 3. The summed E-state index contributed by atoms with van der Waals surface area (Å²) in [6, 6.07) is 11.6. The fraction of sp³-hybridized carbons (Fsp3) is 0.333. The Morgan fingerprint density at radius 2 is 1.75 bits per heavy atom. The summed E-state index contributed by atoms with van der Waals surface area (Å²) in [5.41, 5.74) is 2.54. The van der Waals surface area contributed by atoms with Crippen LogP contribution in [0.1, 0.15) is 18.1 Å². The molecule has 0 aromatic heterocycles. The SMILES string of the molecule is Cc1ccc(S(=O)(=O)NC(C)Cc2ccc(N(C)C)cc2)cc1F. The van der Waals surface area contributed by atoms with Gasteiger partial charge in [0, 0.05) is 25.8 Å². The highest BCUT2D eigenvalue weighted by molar-refractivity contribution is 7.89. The quantitative estimate of drug-likeness (QED) is 0.871. The molecule has 0 fully saturated rings. The Labute approximate surface area is 143 Å². The molecule has 0 aliphatic rings. The second-order valence-electron chi connectivity index (χ2n) is 6.20. The van der Waals surface area contributed by atoms with E-state index in [0.717, 1.165) is 17.3 Å². The van der Waals surface area contributed by atoms with E-state index < -0.39 is 15.8 Å². The fourth-order valence-corrected chi connectivity index (χ4v) is 3.65. The van der Waals surface area contributed by atoms with Crippen LogP contribution < -0.4 is 9.62 Å². The van der Waals surface area contributed by atoms with Crippen molar-refractivity contribution in [2.75, 3.05) is 19.0 Å². The van der Waals surface area contributed by atoms with Crippen molar-refractivity contribution in [1.29, 1.82) is 0 Å². The number of sulfonamides is 1. The molecule has 1 unspecified atom stereocenters. The molecule has 2 aromatic rings. The van der Waals surface area contributed by atoms with E-state index >= 15 is 0 Å². The molecule has 0 spiro atoms. The highest BCUT2D eigenvalue weighted by Crippen LogP contribution is 2.16. The van der Waals surface area contributed by atoms with Crippen LogP contribution in [0, 0.1) is 12.7 Å². The van der Waals surface area contributed by atoms with Crippen molar-refractivity contribution in [1.82, 2.24) is 4.72 Å². The van der Waals surface area contributed by atoms with Crippen molar-refractivity contribution in [3.05, 3.63) is 59.4 Å². The number of nitrogens with zero attached hydrogens (tertiary/aromatic N) is 1. The number of halogens is 1. The van der Waals surface area contributed by atoms with E-state index in [1.54, 1.807) is 13.8 Å². The molecule has 0 amide bonds. The molecular formula is C18H23FN2O2S. The summed E-state index contributed by atoms with van der Waals surface area (Å²) < 4.78 is 40.9. The van der Waals surface area contributed by atoms with Crippen LogP contribution in [0.3, 0.4) is 0 Å². The first-order valence-corrected chi connectivity index (χ1v) is 9.22. The van der Waals surface area contributed by atoms with Gasteiger partial charge in [0.2, 0.25) is 10.0 Å². The third kappa shape index (κ3) is 4.55. The lowest BCUT2D eigenvalue weighted by Gasteiger charge is -2.16. The van der Waals surface area contributed by atoms with Crippen molar-refractivity contribution in [2.24, 2.45) is 0 Å². The summed E-state index contributed by atoms with van der Waals surface area (Å²) in [6.07, 6.45) is 0.557. The summed E-state index contributed by atoms with van der Waals surface area (Å²) in [4.78, 5) is 1.95. The van der Waals surface area contributed by atoms with Gasteiger partial charge in [0.15, 0.2) is 0 Å². The van der Waals surface area contributed by atoms with Crippen LogP contribution in [0.2, 0.25) is 0 Å². The standard InChI is InChI=1S/C18H23FN2O2S/c1-13-5-10-17(12-18(13)19)24(22,23)20-14(2)11-15-6-8-16(9-7-15)21(3)4/h5-10,12,14,20H,11H2,1-4H3. The van der Waals surface area contributed by atoms with E-state index in [4.69, 9.17) is 0 Å². The molecule has 0 aliphatic heterocycles. The number of benzene rings is 2. The first kappa shape index (κ1) is 18.4. The molecule has 0 bridgehead atoms. The lowest BCUT2D eigenvalue weighted by molar-refractivity contribution is 0.556. The largest absolute Gasteiger partial charge is 0.378 e. The third-order valence-electron chi connectivity index (χ3n) is 3.80. The Morgan fingerprint density at radius 3 is 2.29 bits per heavy atom. The number of aryl methyl sites for hydroxylation is 1. The smallest absolute Gasteiger partial charge is 0.240 e. The molecule has 130 valence electrons. The van der Waals surface area contributed by atoms with Gasteiger partial charge in [-0.3, -0.25) is 0 Å². The highest BCUT2D eigenvalue weighted by Gasteiger charge is 2.18. The molecule has 0 saturated heterocycles. The fourth-order valence-electron chi connectivity index (χ4n) is 2.40. The molecule has 6 heteroatoms. The second-order valence-corrected chi connectivity index (χ2v) is 7.91. The lowest BCUT2D eigenvalue weighted by Crippen LogP contribution is -2.34. The van der Waals surface area contributed by atoms with Gasteiger partial charge in [-0.25, -0.2) is 17.5 Å². The van der Waals surface area contributed by atoms with Crippen molar-refractivity contribution in [3.63, 3.8) is 0 Å². The number of nitrogens with one attached hydrogen (secondary N) is 1. The molecular weight excluding hydrogens is 327 g/mol. The Bertz CT molecular complexity index is 802. The van der Waals surface area contributed by atoms with Gasteiger partial charge < -0.3 is 4.90 Å². The zero-order valence-corrected chi connectivity index (χ0v) is 15.2. The molecule has 4 nitrogen and oxygen atoms in total. The summed E-state index contributed by atoms with van der Waals surface area (Å²) in [5, 5.41) is 0. The molecule has 0 radical (unpaired) electrons. The summed E-state index contributed by atoms with van der Waals surface area (Å²) in [6.45, 7) is 3.39. The Balaban J connectivity index is 2.07. The van der Waals surface area contributed by atoms with E-state index in [0.29, 0.717) is 12.0 Å². The molecule has 1 atom stereocenters. The van der Waals surface area contributed by atoms with Crippen LogP contribution in [-0.4, -0.2) is 28.6 Å². The van der Waals surface area contributed by atoms with Crippen molar-refractivity contribution in [3.8, 4) is 0 Å². The van der Waals surface area contributed by atoms with Crippen molar-refractivity contribution < 1.29 is 12.8 Å². The molecule has 0 saturated carbocycles. The summed E-state index contributed by atoms with van der Waals surface area (Å²) in [5.74, 6) is -0.523. The highest BCUT2D eigenvalue weighted by atomic mass is 32.2. The van der Waals surface area contributed by atoms with Crippen LogP contribution >= 0.6 is 0 Å². The van der Waals surface area contributed by atoms with Gasteiger partial charge in [0.1, 0.15) is 5.82 Å². The number of rotatable bonds is 6. The minimum absolute atomic E-state index is 0.0552. The van der Waals surface area contributed by atoms with Gasteiger partial charge in [0.25, 0.3) is 0 Å². The molecule has 2 rings (SSSR count). The molecule has 0 aliphatic carbocycles. The Kier molecular flexibility index (Phi) is 5.62. The van der Waals surface area contributed by atoms with Crippen molar-refractivity contribution >= 4 is 15.7 Å². The maximum absolute atomic E-state index is 13.6. The first-order chi connectivity index (χ1) is 11.2. The first-order valence-electron chi connectivity index (χ1n) is 7.74. The molecule has 2 aromatic carbocycles. The van der Waals surface area contributed by atoms with E-state index in [-0.39, 0.29) is 10.9 Å².